The maximum atomic E-state index is 12.6. The molecule has 7 heteroatoms. The first-order valence-corrected chi connectivity index (χ1v) is 8.79. The summed E-state index contributed by atoms with van der Waals surface area (Å²) in [6.07, 6.45) is 3.93. The Balaban J connectivity index is 1.64. The average Bonchev–Trinajstić information content (AvgIpc) is 2.58. The van der Waals surface area contributed by atoms with Crippen LogP contribution in [0.1, 0.15) is 43.1 Å². The summed E-state index contributed by atoms with van der Waals surface area (Å²) in [7, 11) is 0. The zero-order valence-electron chi connectivity index (χ0n) is 14.5. The Labute approximate surface area is 147 Å². The molecule has 3 heterocycles. The van der Waals surface area contributed by atoms with Gasteiger partial charge in [-0.1, -0.05) is 0 Å². The fourth-order valence-electron chi connectivity index (χ4n) is 3.89. The van der Waals surface area contributed by atoms with Crippen molar-refractivity contribution in [2.75, 3.05) is 26.2 Å². The lowest BCUT2D eigenvalue weighted by molar-refractivity contribution is -0.140. The molecule has 0 bridgehead atoms. The second-order valence-electron chi connectivity index (χ2n) is 7.29. The van der Waals surface area contributed by atoms with Gasteiger partial charge in [-0.25, -0.2) is 4.98 Å². The highest BCUT2D eigenvalue weighted by molar-refractivity contribution is 5.94. The minimum absolute atomic E-state index is 0.0196. The third-order valence-electron chi connectivity index (χ3n) is 5.33. The molecule has 136 valence electrons. The predicted molar refractivity (Wildman–Crippen MR) is 91.0 cm³/mol. The summed E-state index contributed by atoms with van der Waals surface area (Å²) < 4.78 is 0. The first kappa shape index (κ1) is 17.7. The minimum Gasteiger partial charge on any atom is -0.505 e. The number of aliphatic hydroxyl groups excluding tert-OH is 1. The van der Waals surface area contributed by atoms with Gasteiger partial charge in [-0.15, -0.1) is 0 Å². The molecule has 2 N–H and O–H groups in total. The second kappa shape index (κ2) is 7.00. The van der Waals surface area contributed by atoms with Gasteiger partial charge in [0.2, 0.25) is 5.91 Å². The summed E-state index contributed by atoms with van der Waals surface area (Å²) >= 11 is 0. The average molecular weight is 347 g/mol. The Morgan fingerprint density at radius 2 is 2.08 bits per heavy atom. The summed E-state index contributed by atoms with van der Waals surface area (Å²) in [5, 5.41) is 19.4. The van der Waals surface area contributed by atoms with Crippen molar-refractivity contribution in [2.45, 2.75) is 38.7 Å². The Morgan fingerprint density at radius 1 is 1.36 bits per heavy atom. The number of hydrogen-bond donors (Lipinski definition) is 2. The molecule has 25 heavy (non-hydrogen) atoms. The second-order valence-corrected chi connectivity index (χ2v) is 7.29. The Morgan fingerprint density at radius 3 is 2.72 bits per heavy atom. The normalized spacial score (nSPS) is 21.4. The molecule has 0 aliphatic carbocycles. The van der Waals surface area contributed by atoms with Crippen LogP contribution in [0.25, 0.3) is 0 Å². The van der Waals surface area contributed by atoms with E-state index >= 15 is 0 Å². The van der Waals surface area contributed by atoms with Crippen LogP contribution >= 0.6 is 0 Å². The molecule has 1 aromatic heterocycles. The summed E-state index contributed by atoms with van der Waals surface area (Å²) in [5.41, 5.74) is 0.110. The smallest absolute Gasteiger partial charge is 0.276 e. The van der Waals surface area contributed by atoms with Crippen molar-refractivity contribution in [3.63, 3.8) is 0 Å². The topological polar surface area (TPSA) is 94.0 Å². The SMILES string of the molecule is CC(O)CN1CC2(CCC1=O)CCN(C(=O)c1ncccc1O)CC2. The first-order valence-electron chi connectivity index (χ1n) is 8.79. The molecule has 0 radical (unpaired) electrons. The van der Waals surface area contributed by atoms with Crippen molar-refractivity contribution in [2.24, 2.45) is 5.41 Å². The molecule has 3 rings (SSSR count). The molecule has 0 saturated carbocycles. The van der Waals surface area contributed by atoms with Gasteiger partial charge < -0.3 is 20.0 Å². The van der Waals surface area contributed by atoms with Crippen LogP contribution in [0, 0.1) is 5.41 Å². The number of aromatic hydroxyl groups is 1. The summed E-state index contributed by atoms with van der Waals surface area (Å²) in [5.74, 6) is -0.247. The lowest BCUT2D eigenvalue weighted by atomic mass is 9.72. The highest BCUT2D eigenvalue weighted by Gasteiger charge is 2.42. The minimum atomic E-state index is -0.534. The maximum absolute atomic E-state index is 12.6. The number of aromatic nitrogens is 1. The van der Waals surface area contributed by atoms with E-state index in [4.69, 9.17) is 0 Å². The van der Waals surface area contributed by atoms with Crippen LogP contribution in [0.2, 0.25) is 0 Å². The van der Waals surface area contributed by atoms with Gasteiger partial charge in [0, 0.05) is 38.8 Å². The van der Waals surface area contributed by atoms with Crippen LogP contribution in [0.15, 0.2) is 18.3 Å². The van der Waals surface area contributed by atoms with Crippen LogP contribution in [0.5, 0.6) is 5.75 Å². The van der Waals surface area contributed by atoms with E-state index in [1.807, 2.05) is 0 Å². The zero-order chi connectivity index (χ0) is 18.0. The highest BCUT2D eigenvalue weighted by Crippen LogP contribution is 2.40. The number of hydrogen-bond acceptors (Lipinski definition) is 5. The van der Waals surface area contributed by atoms with Crippen molar-refractivity contribution in [3.8, 4) is 5.75 Å². The van der Waals surface area contributed by atoms with Gasteiger partial charge in [-0.2, -0.15) is 0 Å². The third-order valence-corrected chi connectivity index (χ3v) is 5.33. The zero-order valence-corrected chi connectivity index (χ0v) is 14.5. The lowest BCUT2D eigenvalue weighted by Crippen LogP contribution is -2.53. The molecule has 1 atom stereocenters. The molecule has 2 aliphatic heterocycles. The fraction of sp³-hybridized carbons (Fsp3) is 0.611. The van der Waals surface area contributed by atoms with Gasteiger partial charge in [0.05, 0.1) is 6.10 Å². The number of carbonyl (C=O) groups excluding carboxylic acids is 2. The molecule has 1 spiro atoms. The number of pyridine rings is 1. The Bertz CT molecular complexity index is 653. The van der Waals surface area contributed by atoms with Gasteiger partial charge in [0.25, 0.3) is 5.91 Å². The molecule has 7 nitrogen and oxygen atoms in total. The lowest BCUT2D eigenvalue weighted by Gasteiger charge is -2.47. The van der Waals surface area contributed by atoms with Crippen molar-refractivity contribution < 1.29 is 19.8 Å². The highest BCUT2D eigenvalue weighted by atomic mass is 16.3. The fourth-order valence-corrected chi connectivity index (χ4v) is 3.89. The molecule has 2 amide bonds. The van der Waals surface area contributed by atoms with Crippen LogP contribution in [-0.4, -0.2) is 69.1 Å². The van der Waals surface area contributed by atoms with E-state index in [9.17, 15) is 19.8 Å². The maximum Gasteiger partial charge on any atom is 0.276 e. The number of piperidine rings is 2. The number of rotatable bonds is 3. The molecule has 2 aliphatic rings. The van der Waals surface area contributed by atoms with Gasteiger partial charge in [0.15, 0.2) is 5.69 Å². The first-order chi connectivity index (χ1) is 11.9. The van der Waals surface area contributed by atoms with E-state index in [2.05, 4.69) is 4.98 Å². The van der Waals surface area contributed by atoms with Gasteiger partial charge in [-0.05, 0) is 43.7 Å². The van der Waals surface area contributed by atoms with Crippen molar-refractivity contribution >= 4 is 11.8 Å². The van der Waals surface area contributed by atoms with Gasteiger partial charge in [0.1, 0.15) is 5.75 Å². The van der Waals surface area contributed by atoms with Gasteiger partial charge in [-0.3, -0.25) is 9.59 Å². The van der Waals surface area contributed by atoms with E-state index in [0.29, 0.717) is 32.6 Å². The number of carbonyl (C=O) groups is 2. The van der Waals surface area contributed by atoms with E-state index < -0.39 is 6.10 Å². The third kappa shape index (κ3) is 3.76. The Hall–Kier alpha value is -2.15. The molecule has 1 unspecified atom stereocenters. The largest absolute Gasteiger partial charge is 0.505 e. The predicted octanol–water partition coefficient (Wildman–Crippen LogP) is 1.01. The van der Waals surface area contributed by atoms with E-state index in [0.717, 1.165) is 19.3 Å². The Kier molecular flexibility index (Phi) is 4.94. The quantitative estimate of drug-likeness (QED) is 0.851. The summed E-state index contributed by atoms with van der Waals surface area (Å²) in [6.45, 7) is 3.88. The van der Waals surface area contributed by atoms with E-state index in [1.54, 1.807) is 22.8 Å². The van der Waals surface area contributed by atoms with Crippen LogP contribution in [0.3, 0.4) is 0 Å². The van der Waals surface area contributed by atoms with Crippen molar-refractivity contribution in [1.29, 1.82) is 0 Å². The molecular formula is C18H25N3O4. The molecule has 1 aromatic rings. The molecular weight excluding hydrogens is 322 g/mol. The summed E-state index contributed by atoms with van der Waals surface area (Å²) in [4.78, 5) is 32.1. The number of aliphatic hydroxyl groups is 1. The summed E-state index contributed by atoms with van der Waals surface area (Å²) in [6, 6.07) is 3.06. The van der Waals surface area contributed by atoms with E-state index in [-0.39, 0.29) is 28.7 Å². The molecule has 0 aromatic carbocycles. The van der Waals surface area contributed by atoms with Crippen LogP contribution in [-0.2, 0) is 4.79 Å². The number of nitrogens with zero attached hydrogens (tertiary/aromatic N) is 3. The van der Waals surface area contributed by atoms with Crippen molar-refractivity contribution in [1.82, 2.24) is 14.8 Å². The van der Waals surface area contributed by atoms with E-state index in [1.165, 1.54) is 12.3 Å². The number of amides is 2. The van der Waals surface area contributed by atoms with Gasteiger partial charge >= 0.3 is 0 Å². The standard InChI is InChI=1S/C18H25N3O4/c1-13(22)11-21-12-18(5-4-15(21)24)6-9-20(10-7-18)17(25)16-14(23)3-2-8-19-16/h2-3,8,13,22-23H,4-7,9-12H2,1H3. The van der Waals surface area contributed by atoms with Crippen LogP contribution in [0.4, 0.5) is 0 Å². The molecule has 2 saturated heterocycles. The number of likely N-dealkylation sites (tertiary alicyclic amines) is 2. The van der Waals surface area contributed by atoms with Crippen molar-refractivity contribution in [3.05, 3.63) is 24.0 Å². The molecule has 2 fully saturated rings. The number of β-amino-alcohol motifs (C(OH)–C–C–N with tert-alkyl or cyclic N) is 1. The van der Waals surface area contributed by atoms with Crippen LogP contribution < -0.4 is 0 Å². The monoisotopic (exact) mass is 347 g/mol.